The summed E-state index contributed by atoms with van der Waals surface area (Å²) in [4.78, 5) is 51.8. The first-order valence-corrected chi connectivity index (χ1v) is 9.56. The maximum absolute atomic E-state index is 12.6. The van der Waals surface area contributed by atoms with Gasteiger partial charge >= 0.3 is 5.97 Å². The van der Waals surface area contributed by atoms with Crippen molar-refractivity contribution < 1.29 is 23.9 Å². The number of imide groups is 1. The lowest BCUT2D eigenvalue weighted by molar-refractivity contribution is -0.139. The van der Waals surface area contributed by atoms with Gasteiger partial charge in [0.25, 0.3) is 0 Å². The normalized spacial score (nSPS) is 19.6. The minimum absolute atomic E-state index is 0.0799. The number of carbonyl (C=O) groups excluding carboxylic acids is 4. The lowest BCUT2D eigenvalue weighted by atomic mass is 10.1. The Hall–Kier alpha value is -3.48. The van der Waals surface area contributed by atoms with Crippen LogP contribution in [0.1, 0.15) is 25.7 Å². The summed E-state index contributed by atoms with van der Waals surface area (Å²) in [7, 11) is 0. The van der Waals surface area contributed by atoms with Gasteiger partial charge < -0.3 is 9.64 Å². The first kappa shape index (κ1) is 18.9. The third-order valence-corrected chi connectivity index (χ3v) is 5.10. The minimum atomic E-state index is -0.579. The van der Waals surface area contributed by atoms with Gasteiger partial charge in [-0.15, -0.1) is 0 Å². The SMILES string of the molecule is O=C(Oc1cccc(N2C(=O)CCCC2=O)c1)[C@H]1CC(=O)N(c2ccccc2)C1. The average Bonchev–Trinajstić information content (AvgIpc) is 3.11. The van der Waals surface area contributed by atoms with Gasteiger partial charge in [-0.2, -0.15) is 0 Å². The first-order chi connectivity index (χ1) is 14.0. The number of hydrogen-bond donors (Lipinski definition) is 0. The molecule has 2 heterocycles. The van der Waals surface area contributed by atoms with E-state index < -0.39 is 11.9 Å². The first-order valence-electron chi connectivity index (χ1n) is 9.56. The maximum Gasteiger partial charge on any atom is 0.316 e. The van der Waals surface area contributed by atoms with Crippen LogP contribution >= 0.6 is 0 Å². The maximum atomic E-state index is 12.6. The molecule has 0 unspecified atom stereocenters. The van der Waals surface area contributed by atoms with Crippen LogP contribution in [0.5, 0.6) is 5.75 Å². The van der Waals surface area contributed by atoms with Crippen LogP contribution in [0.3, 0.4) is 0 Å². The van der Waals surface area contributed by atoms with Gasteiger partial charge in [-0.3, -0.25) is 24.1 Å². The molecule has 29 heavy (non-hydrogen) atoms. The summed E-state index contributed by atoms with van der Waals surface area (Å²) >= 11 is 0. The third kappa shape index (κ3) is 3.89. The summed E-state index contributed by atoms with van der Waals surface area (Å²) in [6.45, 7) is 0.254. The van der Waals surface area contributed by atoms with E-state index in [1.165, 1.54) is 6.07 Å². The summed E-state index contributed by atoms with van der Waals surface area (Å²) in [6, 6.07) is 15.5. The van der Waals surface area contributed by atoms with Gasteiger partial charge in [0, 0.05) is 37.6 Å². The van der Waals surface area contributed by atoms with Crippen molar-refractivity contribution in [3.8, 4) is 5.75 Å². The van der Waals surface area contributed by atoms with Crippen molar-refractivity contribution >= 4 is 35.1 Å². The number of nitrogens with zero attached hydrogens (tertiary/aromatic N) is 2. The van der Waals surface area contributed by atoms with Crippen molar-refractivity contribution in [3.63, 3.8) is 0 Å². The number of ether oxygens (including phenoxy) is 1. The molecule has 3 amide bonds. The summed E-state index contributed by atoms with van der Waals surface area (Å²) in [5, 5.41) is 0. The number of esters is 1. The number of para-hydroxylation sites is 1. The fourth-order valence-corrected chi connectivity index (χ4v) is 3.65. The molecule has 2 aliphatic heterocycles. The van der Waals surface area contributed by atoms with Crippen molar-refractivity contribution in [3.05, 3.63) is 54.6 Å². The summed E-state index contributed by atoms with van der Waals surface area (Å²) < 4.78 is 5.47. The zero-order chi connectivity index (χ0) is 20.4. The van der Waals surface area contributed by atoms with Crippen LogP contribution in [-0.4, -0.2) is 30.2 Å². The van der Waals surface area contributed by atoms with Crippen molar-refractivity contribution in [2.45, 2.75) is 25.7 Å². The standard InChI is InChI=1S/C22H20N2O5/c25-19-10-5-11-20(26)24(19)17-8-4-9-18(13-17)29-22(28)15-12-21(27)23(14-15)16-6-2-1-3-7-16/h1-4,6-9,13,15H,5,10-12,14H2/t15-/m0/s1. The number of amides is 3. The van der Waals surface area contributed by atoms with Gasteiger partial charge in [0.2, 0.25) is 17.7 Å². The average molecular weight is 392 g/mol. The highest BCUT2D eigenvalue weighted by atomic mass is 16.5. The lowest BCUT2D eigenvalue weighted by Crippen LogP contribution is -2.40. The Kier molecular flexibility index (Phi) is 5.12. The Morgan fingerprint density at radius 2 is 1.55 bits per heavy atom. The zero-order valence-corrected chi connectivity index (χ0v) is 15.7. The van der Waals surface area contributed by atoms with Crippen molar-refractivity contribution in [2.24, 2.45) is 5.92 Å². The molecule has 0 spiro atoms. The van der Waals surface area contributed by atoms with Crippen molar-refractivity contribution in [1.29, 1.82) is 0 Å². The van der Waals surface area contributed by atoms with E-state index in [9.17, 15) is 19.2 Å². The number of piperidine rings is 1. The van der Waals surface area contributed by atoms with Gasteiger partial charge in [0.05, 0.1) is 11.6 Å². The molecular formula is C22H20N2O5. The molecule has 0 saturated carbocycles. The Morgan fingerprint density at radius 1 is 0.862 bits per heavy atom. The van der Waals surface area contributed by atoms with E-state index in [-0.39, 0.29) is 36.4 Å². The Balaban J connectivity index is 1.46. The van der Waals surface area contributed by atoms with Crippen LogP contribution in [0, 0.1) is 5.92 Å². The van der Waals surface area contributed by atoms with E-state index in [2.05, 4.69) is 0 Å². The monoisotopic (exact) mass is 392 g/mol. The highest BCUT2D eigenvalue weighted by Crippen LogP contribution is 2.29. The topological polar surface area (TPSA) is 84.0 Å². The molecular weight excluding hydrogens is 372 g/mol. The highest BCUT2D eigenvalue weighted by molar-refractivity contribution is 6.16. The van der Waals surface area contributed by atoms with Crippen LogP contribution in [-0.2, 0) is 19.2 Å². The molecule has 0 N–H and O–H groups in total. The summed E-state index contributed by atoms with van der Waals surface area (Å²) in [6.07, 6.45) is 1.26. The summed E-state index contributed by atoms with van der Waals surface area (Å²) in [5.41, 5.74) is 1.13. The molecule has 0 radical (unpaired) electrons. The van der Waals surface area contributed by atoms with Gasteiger partial charge in [0.15, 0.2) is 0 Å². The second-order valence-corrected chi connectivity index (χ2v) is 7.14. The highest BCUT2D eigenvalue weighted by Gasteiger charge is 2.36. The van der Waals surface area contributed by atoms with E-state index in [1.807, 2.05) is 30.3 Å². The second kappa shape index (κ2) is 7.87. The molecule has 7 heteroatoms. The number of anilines is 2. The zero-order valence-electron chi connectivity index (χ0n) is 15.7. The second-order valence-electron chi connectivity index (χ2n) is 7.14. The van der Waals surface area contributed by atoms with Crippen LogP contribution in [0.15, 0.2) is 54.6 Å². The molecule has 0 aliphatic carbocycles. The summed E-state index contributed by atoms with van der Waals surface area (Å²) in [5.74, 6) is -1.50. The van der Waals surface area contributed by atoms with Gasteiger partial charge in [-0.1, -0.05) is 24.3 Å². The predicted octanol–water partition coefficient (Wildman–Crippen LogP) is 2.69. The molecule has 148 valence electrons. The van der Waals surface area contributed by atoms with Gasteiger partial charge in [-0.05, 0) is 30.7 Å². The smallest absolute Gasteiger partial charge is 0.316 e. The number of carbonyl (C=O) groups is 4. The molecule has 2 aromatic carbocycles. The van der Waals surface area contributed by atoms with Gasteiger partial charge in [0.1, 0.15) is 5.75 Å². The van der Waals surface area contributed by atoms with Crippen molar-refractivity contribution in [2.75, 3.05) is 16.3 Å². The molecule has 2 fully saturated rings. The molecule has 2 aromatic rings. The molecule has 4 rings (SSSR count). The van der Waals surface area contributed by atoms with Crippen LogP contribution in [0.4, 0.5) is 11.4 Å². The molecule has 0 bridgehead atoms. The van der Waals surface area contributed by atoms with E-state index in [1.54, 1.807) is 23.1 Å². The fourth-order valence-electron chi connectivity index (χ4n) is 3.65. The minimum Gasteiger partial charge on any atom is -0.426 e. The van der Waals surface area contributed by atoms with E-state index in [4.69, 9.17) is 4.74 Å². The Bertz CT molecular complexity index is 956. The molecule has 2 aliphatic rings. The number of rotatable bonds is 4. The number of hydrogen-bond acceptors (Lipinski definition) is 5. The third-order valence-electron chi connectivity index (χ3n) is 5.10. The Labute approximate surface area is 167 Å². The van der Waals surface area contributed by atoms with Crippen molar-refractivity contribution in [1.82, 2.24) is 0 Å². The predicted molar refractivity (Wildman–Crippen MR) is 105 cm³/mol. The van der Waals surface area contributed by atoms with E-state index in [0.717, 1.165) is 10.6 Å². The van der Waals surface area contributed by atoms with Crippen LogP contribution in [0.25, 0.3) is 0 Å². The van der Waals surface area contributed by atoms with Crippen LogP contribution in [0.2, 0.25) is 0 Å². The fraction of sp³-hybridized carbons (Fsp3) is 0.273. The quantitative estimate of drug-likeness (QED) is 0.454. The van der Waals surface area contributed by atoms with Crippen LogP contribution < -0.4 is 14.5 Å². The van der Waals surface area contributed by atoms with E-state index >= 15 is 0 Å². The lowest BCUT2D eigenvalue weighted by Gasteiger charge is -2.25. The molecule has 7 nitrogen and oxygen atoms in total. The van der Waals surface area contributed by atoms with E-state index in [0.29, 0.717) is 24.9 Å². The molecule has 2 saturated heterocycles. The van der Waals surface area contributed by atoms with Gasteiger partial charge in [-0.25, -0.2) is 0 Å². The largest absolute Gasteiger partial charge is 0.426 e. The Morgan fingerprint density at radius 3 is 2.28 bits per heavy atom. The number of benzene rings is 2. The molecule has 0 aromatic heterocycles. The molecule has 1 atom stereocenters.